The molecule has 0 unspecified atom stereocenters. The Bertz CT molecular complexity index is 1080. The van der Waals surface area contributed by atoms with Crippen molar-refractivity contribution in [3.05, 3.63) is 80.3 Å². The van der Waals surface area contributed by atoms with Crippen LogP contribution < -0.4 is 5.32 Å². The van der Waals surface area contributed by atoms with Gasteiger partial charge in [-0.15, -0.1) is 0 Å². The first-order valence-corrected chi connectivity index (χ1v) is 9.86. The van der Waals surface area contributed by atoms with Crippen LogP contribution in [-0.2, 0) is 6.42 Å². The summed E-state index contributed by atoms with van der Waals surface area (Å²) in [6.07, 6.45) is 0.657. The summed E-state index contributed by atoms with van der Waals surface area (Å²) in [4.78, 5) is 12.6. The minimum Gasteiger partial charge on any atom is -0.508 e. The molecule has 0 bridgehead atoms. The van der Waals surface area contributed by atoms with Crippen molar-refractivity contribution in [3.63, 3.8) is 0 Å². The van der Waals surface area contributed by atoms with Crippen molar-refractivity contribution in [2.75, 3.05) is 5.32 Å². The van der Waals surface area contributed by atoms with Gasteiger partial charge in [-0.25, -0.2) is 0 Å². The molecule has 0 atom stereocenters. The van der Waals surface area contributed by atoms with Gasteiger partial charge in [-0.05, 0) is 117 Å². The van der Waals surface area contributed by atoms with Gasteiger partial charge in [-0.3, -0.25) is 4.79 Å². The number of rotatable bonds is 4. The molecule has 0 spiro atoms. The van der Waals surface area contributed by atoms with Crippen LogP contribution in [0.25, 0.3) is 0 Å². The van der Waals surface area contributed by atoms with Gasteiger partial charge in [0, 0.05) is 12.1 Å². The van der Waals surface area contributed by atoms with Crippen LogP contribution in [0.2, 0.25) is 0 Å². The minimum absolute atomic E-state index is 0.218. The Morgan fingerprint density at radius 1 is 0.793 bits per heavy atom. The highest BCUT2D eigenvalue weighted by atomic mass is 16.3. The van der Waals surface area contributed by atoms with Crippen LogP contribution in [0.5, 0.6) is 5.75 Å². The molecule has 0 radical (unpaired) electrons. The normalized spacial score (nSPS) is 11.0. The summed E-state index contributed by atoms with van der Waals surface area (Å²) in [5, 5.41) is 12.7. The van der Waals surface area contributed by atoms with Crippen LogP contribution in [0.1, 0.15) is 60.8 Å². The van der Waals surface area contributed by atoms with Crippen molar-refractivity contribution in [2.45, 2.75) is 54.9 Å². The van der Waals surface area contributed by atoms with Gasteiger partial charge in [0.2, 0.25) is 0 Å². The molecular formula is C25H29NO3. The van der Waals surface area contributed by atoms with E-state index in [-0.39, 0.29) is 17.4 Å². The topological polar surface area (TPSA) is 62.5 Å². The maximum atomic E-state index is 12.6. The molecule has 29 heavy (non-hydrogen) atoms. The zero-order chi connectivity index (χ0) is 21.5. The molecular weight excluding hydrogens is 362 g/mol. The number of carbonyl (C=O) groups excluding carboxylic acids is 1. The highest BCUT2D eigenvalue weighted by Crippen LogP contribution is 2.29. The summed E-state index contributed by atoms with van der Waals surface area (Å²) < 4.78 is 5.87. The zero-order valence-corrected chi connectivity index (χ0v) is 18.3. The minimum atomic E-state index is -0.297. The molecule has 0 saturated heterocycles. The molecule has 0 aliphatic rings. The third-order valence-corrected chi connectivity index (χ3v) is 6.40. The van der Waals surface area contributed by atoms with Crippen molar-refractivity contribution >= 4 is 11.6 Å². The Kier molecular flexibility index (Phi) is 5.56. The fraction of sp³-hybridized carbons (Fsp3) is 0.320. The largest absolute Gasteiger partial charge is 0.508 e. The predicted molar refractivity (Wildman–Crippen MR) is 117 cm³/mol. The first kappa shape index (κ1) is 20.7. The molecule has 4 nitrogen and oxygen atoms in total. The number of hydrogen-bond donors (Lipinski definition) is 2. The van der Waals surface area contributed by atoms with Gasteiger partial charge < -0.3 is 14.8 Å². The number of nitrogens with one attached hydrogen (secondary N) is 1. The van der Waals surface area contributed by atoms with Crippen LogP contribution in [0, 0.1) is 48.5 Å². The van der Waals surface area contributed by atoms with Crippen molar-refractivity contribution in [2.24, 2.45) is 0 Å². The number of phenols is 1. The van der Waals surface area contributed by atoms with Gasteiger partial charge in [-0.1, -0.05) is 0 Å². The molecule has 0 aliphatic carbocycles. The number of amides is 1. The Balaban J connectivity index is 1.84. The second-order valence-corrected chi connectivity index (χ2v) is 7.88. The van der Waals surface area contributed by atoms with E-state index < -0.39 is 0 Å². The van der Waals surface area contributed by atoms with Gasteiger partial charge in [0.15, 0.2) is 5.76 Å². The van der Waals surface area contributed by atoms with Crippen molar-refractivity contribution in [3.8, 4) is 5.75 Å². The van der Waals surface area contributed by atoms with Gasteiger partial charge in [0.1, 0.15) is 11.5 Å². The molecule has 1 aromatic heterocycles. The zero-order valence-electron chi connectivity index (χ0n) is 18.3. The van der Waals surface area contributed by atoms with Gasteiger partial charge in [0.25, 0.3) is 5.91 Å². The number of furan rings is 1. The van der Waals surface area contributed by atoms with E-state index >= 15 is 0 Å². The van der Waals surface area contributed by atoms with E-state index in [4.69, 9.17) is 4.42 Å². The molecule has 3 aromatic rings. The number of hydrogen-bond acceptors (Lipinski definition) is 3. The molecule has 4 heteroatoms. The lowest BCUT2D eigenvalue weighted by atomic mass is 9.88. The second-order valence-electron chi connectivity index (χ2n) is 7.88. The van der Waals surface area contributed by atoms with E-state index in [1.54, 1.807) is 18.2 Å². The van der Waals surface area contributed by atoms with E-state index in [0.29, 0.717) is 12.1 Å². The maximum Gasteiger partial charge on any atom is 0.291 e. The highest BCUT2D eigenvalue weighted by molar-refractivity contribution is 6.02. The van der Waals surface area contributed by atoms with Crippen LogP contribution in [-0.4, -0.2) is 11.0 Å². The Labute approximate surface area is 172 Å². The van der Waals surface area contributed by atoms with Gasteiger partial charge >= 0.3 is 0 Å². The van der Waals surface area contributed by atoms with Crippen LogP contribution in [0.3, 0.4) is 0 Å². The summed E-state index contributed by atoms with van der Waals surface area (Å²) in [7, 11) is 0. The highest BCUT2D eigenvalue weighted by Gasteiger charge is 2.17. The monoisotopic (exact) mass is 391 g/mol. The second kappa shape index (κ2) is 7.78. The van der Waals surface area contributed by atoms with E-state index in [1.807, 2.05) is 19.9 Å². The summed E-state index contributed by atoms with van der Waals surface area (Å²) in [5.41, 5.74) is 10.0. The lowest BCUT2D eigenvalue weighted by molar-refractivity contribution is 0.0995. The predicted octanol–water partition coefficient (Wildman–Crippen LogP) is 5.99. The van der Waals surface area contributed by atoms with E-state index in [2.05, 4.69) is 39.9 Å². The van der Waals surface area contributed by atoms with Crippen molar-refractivity contribution in [1.82, 2.24) is 0 Å². The smallest absolute Gasteiger partial charge is 0.291 e. The number of anilines is 1. The third-order valence-electron chi connectivity index (χ3n) is 6.40. The van der Waals surface area contributed by atoms with Gasteiger partial charge in [0.05, 0.1) is 0 Å². The van der Waals surface area contributed by atoms with E-state index in [0.717, 1.165) is 16.9 Å². The quantitative estimate of drug-likeness (QED) is 0.537. The average Bonchev–Trinajstić information content (AvgIpc) is 3.17. The van der Waals surface area contributed by atoms with Crippen LogP contribution in [0.4, 0.5) is 5.69 Å². The molecule has 1 heterocycles. The Morgan fingerprint density at radius 2 is 1.38 bits per heavy atom. The molecule has 2 N–H and O–H groups in total. The van der Waals surface area contributed by atoms with Crippen molar-refractivity contribution < 1.29 is 14.3 Å². The number of carbonyl (C=O) groups is 1. The first-order chi connectivity index (χ1) is 13.6. The summed E-state index contributed by atoms with van der Waals surface area (Å²) in [5.74, 6) is 0.966. The lowest BCUT2D eigenvalue weighted by Gasteiger charge is -2.18. The summed E-state index contributed by atoms with van der Waals surface area (Å²) in [6, 6.07) is 6.86. The molecule has 0 saturated carbocycles. The molecule has 3 rings (SSSR count). The molecule has 1 amide bonds. The Hall–Kier alpha value is -3.01. The SMILES string of the molecule is Cc1c(O)ccc(NC(=O)c2ccc(Cc3c(C)c(C)c(C)c(C)c3C)o2)c1C. The van der Waals surface area contributed by atoms with E-state index in [9.17, 15) is 9.90 Å². The fourth-order valence-corrected chi connectivity index (χ4v) is 3.74. The van der Waals surface area contributed by atoms with Crippen molar-refractivity contribution in [1.29, 1.82) is 0 Å². The lowest BCUT2D eigenvalue weighted by Crippen LogP contribution is -2.12. The van der Waals surface area contributed by atoms with E-state index in [1.165, 1.54) is 33.4 Å². The van der Waals surface area contributed by atoms with Crippen LogP contribution >= 0.6 is 0 Å². The summed E-state index contributed by atoms with van der Waals surface area (Å²) in [6.45, 7) is 14.5. The average molecular weight is 392 g/mol. The number of aromatic hydroxyl groups is 1. The third kappa shape index (κ3) is 3.80. The molecule has 0 fully saturated rings. The Morgan fingerprint density at radius 3 is 2.00 bits per heavy atom. The first-order valence-electron chi connectivity index (χ1n) is 9.86. The van der Waals surface area contributed by atoms with Gasteiger partial charge in [-0.2, -0.15) is 0 Å². The standard InChI is InChI=1S/C25H29NO3/c1-13-14(2)16(4)21(17(5)15(13)3)12-20-8-11-24(29-20)25(28)26-22-9-10-23(27)19(7)18(22)6/h8-11,27H,12H2,1-7H3,(H,26,28). The molecule has 2 aromatic carbocycles. The summed E-state index contributed by atoms with van der Waals surface area (Å²) >= 11 is 0. The molecule has 152 valence electrons. The maximum absolute atomic E-state index is 12.6. The molecule has 0 aliphatic heterocycles. The fourth-order valence-electron chi connectivity index (χ4n) is 3.74. The number of phenolic OH excluding ortho intramolecular Hbond substituents is 1. The van der Waals surface area contributed by atoms with Crippen LogP contribution in [0.15, 0.2) is 28.7 Å². The number of benzene rings is 2.